The molecule has 0 radical (unpaired) electrons. The molecule has 28 heavy (non-hydrogen) atoms. The lowest BCUT2D eigenvalue weighted by atomic mass is 10.1. The molecular weight excluding hydrogens is 356 g/mol. The fourth-order valence-corrected chi connectivity index (χ4v) is 3.31. The first kappa shape index (κ1) is 19.8. The number of amides is 2. The molecule has 1 aliphatic heterocycles. The molecular formula is C21H26N4O3. The smallest absolute Gasteiger partial charge is 0.237 e. The van der Waals surface area contributed by atoms with Crippen LogP contribution < -0.4 is 15.4 Å². The Bertz CT molecular complexity index is 840. The SMILES string of the molecule is COc1cccc(CN2CCNC(=O)C2CC(=O)NCc2cccc(C)n2)c1. The lowest BCUT2D eigenvalue weighted by Crippen LogP contribution is -2.56. The number of aryl methyl sites for hydroxylation is 1. The van der Waals surface area contributed by atoms with E-state index in [2.05, 4.69) is 15.6 Å². The van der Waals surface area contributed by atoms with Gasteiger partial charge in [0.05, 0.1) is 31.8 Å². The average Bonchev–Trinajstić information content (AvgIpc) is 2.69. The molecule has 1 aliphatic rings. The molecule has 0 spiro atoms. The minimum atomic E-state index is -0.495. The summed E-state index contributed by atoms with van der Waals surface area (Å²) in [5, 5.41) is 5.73. The fourth-order valence-electron chi connectivity index (χ4n) is 3.31. The Morgan fingerprint density at radius 1 is 1.32 bits per heavy atom. The van der Waals surface area contributed by atoms with Gasteiger partial charge >= 0.3 is 0 Å². The molecule has 7 heteroatoms. The van der Waals surface area contributed by atoms with Gasteiger partial charge in [-0.25, -0.2) is 0 Å². The van der Waals surface area contributed by atoms with Crippen molar-refractivity contribution in [1.29, 1.82) is 0 Å². The number of piperazine rings is 1. The fraction of sp³-hybridized carbons (Fsp3) is 0.381. The molecule has 2 aromatic rings. The molecule has 1 fully saturated rings. The third-order valence-corrected chi connectivity index (χ3v) is 4.75. The van der Waals surface area contributed by atoms with Crippen molar-refractivity contribution in [3.05, 3.63) is 59.4 Å². The van der Waals surface area contributed by atoms with E-state index in [9.17, 15) is 9.59 Å². The Morgan fingerprint density at radius 2 is 2.14 bits per heavy atom. The van der Waals surface area contributed by atoms with Crippen LogP contribution in [0.15, 0.2) is 42.5 Å². The van der Waals surface area contributed by atoms with Crippen LogP contribution in [-0.4, -0.2) is 47.9 Å². The van der Waals surface area contributed by atoms with Crippen LogP contribution in [0.3, 0.4) is 0 Å². The van der Waals surface area contributed by atoms with E-state index in [0.29, 0.717) is 26.2 Å². The Morgan fingerprint density at radius 3 is 2.93 bits per heavy atom. The van der Waals surface area contributed by atoms with Crippen LogP contribution in [0.2, 0.25) is 0 Å². The summed E-state index contributed by atoms with van der Waals surface area (Å²) in [7, 11) is 1.63. The minimum absolute atomic E-state index is 0.113. The number of pyridine rings is 1. The molecule has 7 nitrogen and oxygen atoms in total. The van der Waals surface area contributed by atoms with Gasteiger partial charge in [-0.2, -0.15) is 0 Å². The number of aromatic nitrogens is 1. The zero-order valence-corrected chi connectivity index (χ0v) is 16.3. The van der Waals surface area contributed by atoms with E-state index in [-0.39, 0.29) is 18.2 Å². The van der Waals surface area contributed by atoms with Crippen molar-refractivity contribution in [2.75, 3.05) is 20.2 Å². The monoisotopic (exact) mass is 382 g/mol. The van der Waals surface area contributed by atoms with E-state index >= 15 is 0 Å². The van der Waals surface area contributed by atoms with Crippen LogP contribution in [0.5, 0.6) is 5.75 Å². The number of hydrogen-bond acceptors (Lipinski definition) is 5. The average molecular weight is 382 g/mol. The van der Waals surface area contributed by atoms with Gasteiger partial charge in [0.1, 0.15) is 5.75 Å². The Hall–Kier alpha value is -2.93. The van der Waals surface area contributed by atoms with Gasteiger partial charge in [0.25, 0.3) is 0 Å². The number of benzene rings is 1. The number of hydrogen-bond donors (Lipinski definition) is 2. The number of ether oxygens (including phenoxy) is 1. The van der Waals surface area contributed by atoms with Crippen LogP contribution in [0.1, 0.15) is 23.4 Å². The van der Waals surface area contributed by atoms with Crippen molar-refractivity contribution < 1.29 is 14.3 Å². The molecule has 1 unspecified atom stereocenters. The molecule has 0 bridgehead atoms. The summed E-state index contributed by atoms with van der Waals surface area (Å²) in [5.41, 5.74) is 2.75. The molecule has 2 heterocycles. The first-order valence-corrected chi connectivity index (χ1v) is 9.39. The molecule has 2 N–H and O–H groups in total. The second kappa shape index (κ2) is 9.32. The summed E-state index contributed by atoms with van der Waals surface area (Å²) in [4.78, 5) is 31.3. The topological polar surface area (TPSA) is 83.6 Å². The highest BCUT2D eigenvalue weighted by Crippen LogP contribution is 2.18. The van der Waals surface area contributed by atoms with Crippen molar-refractivity contribution in [3.63, 3.8) is 0 Å². The van der Waals surface area contributed by atoms with Gasteiger partial charge < -0.3 is 15.4 Å². The third-order valence-electron chi connectivity index (χ3n) is 4.75. The molecule has 1 atom stereocenters. The number of nitrogens with one attached hydrogen (secondary N) is 2. The highest BCUT2D eigenvalue weighted by atomic mass is 16.5. The summed E-state index contributed by atoms with van der Waals surface area (Å²) < 4.78 is 5.27. The molecule has 148 valence electrons. The molecule has 0 saturated carbocycles. The van der Waals surface area contributed by atoms with E-state index in [1.165, 1.54) is 0 Å². The summed E-state index contributed by atoms with van der Waals surface area (Å²) in [5.74, 6) is 0.498. The van der Waals surface area contributed by atoms with E-state index < -0.39 is 6.04 Å². The van der Waals surface area contributed by atoms with Gasteiger partial charge in [0, 0.05) is 25.3 Å². The van der Waals surface area contributed by atoms with Gasteiger partial charge in [-0.3, -0.25) is 19.5 Å². The summed E-state index contributed by atoms with van der Waals surface area (Å²) >= 11 is 0. The predicted octanol–water partition coefficient (Wildman–Crippen LogP) is 1.41. The third kappa shape index (κ3) is 5.29. The van der Waals surface area contributed by atoms with E-state index in [1.54, 1.807) is 7.11 Å². The zero-order valence-electron chi connectivity index (χ0n) is 16.3. The zero-order chi connectivity index (χ0) is 19.9. The maximum absolute atomic E-state index is 12.4. The van der Waals surface area contributed by atoms with Crippen LogP contribution in [0, 0.1) is 6.92 Å². The lowest BCUT2D eigenvalue weighted by Gasteiger charge is -2.34. The maximum Gasteiger partial charge on any atom is 0.237 e. The van der Waals surface area contributed by atoms with Crippen molar-refractivity contribution in [1.82, 2.24) is 20.5 Å². The maximum atomic E-state index is 12.4. The second-order valence-electron chi connectivity index (χ2n) is 6.88. The Kier molecular flexibility index (Phi) is 6.60. The van der Waals surface area contributed by atoms with Crippen molar-refractivity contribution in [2.24, 2.45) is 0 Å². The van der Waals surface area contributed by atoms with E-state index in [1.807, 2.05) is 54.3 Å². The molecule has 1 aromatic carbocycles. The normalized spacial score (nSPS) is 17.1. The first-order chi connectivity index (χ1) is 13.5. The molecule has 0 aliphatic carbocycles. The van der Waals surface area contributed by atoms with Crippen molar-refractivity contribution >= 4 is 11.8 Å². The number of methoxy groups -OCH3 is 1. The van der Waals surface area contributed by atoms with Gasteiger partial charge in [-0.05, 0) is 36.8 Å². The van der Waals surface area contributed by atoms with Crippen molar-refractivity contribution in [2.45, 2.75) is 32.5 Å². The number of rotatable bonds is 7. The molecule has 1 saturated heterocycles. The largest absolute Gasteiger partial charge is 0.497 e. The van der Waals surface area contributed by atoms with E-state index in [0.717, 1.165) is 22.7 Å². The summed E-state index contributed by atoms with van der Waals surface area (Å²) in [6.07, 6.45) is 0.113. The quantitative estimate of drug-likeness (QED) is 0.756. The van der Waals surface area contributed by atoms with Crippen LogP contribution in [-0.2, 0) is 22.7 Å². The highest BCUT2D eigenvalue weighted by molar-refractivity contribution is 5.88. The van der Waals surface area contributed by atoms with Gasteiger partial charge in [-0.15, -0.1) is 0 Å². The standard InChI is InChI=1S/C21H26N4O3/c1-15-5-3-7-17(24-15)13-23-20(26)12-19-21(27)22-9-10-25(19)14-16-6-4-8-18(11-16)28-2/h3-8,11,19H,9-10,12-14H2,1-2H3,(H,22,27)(H,23,26). The number of carbonyl (C=O) groups excluding carboxylic acids is 2. The predicted molar refractivity (Wildman–Crippen MR) is 106 cm³/mol. The van der Waals surface area contributed by atoms with Gasteiger partial charge in [0.2, 0.25) is 11.8 Å². The number of carbonyl (C=O) groups is 2. The van der Waals surface area contributed by atoms with Gasteiger partial charge in [-0.1, -0.05) is 18.2 Å². The second-order valence-corrected chi connectivity index (χ2v) is 6.88. The molecule has 3 rings (SSSR count). The van der Waals surface area contributed by atoms with Crippen LogP contribution in [0.4, 0.5) is 0 Å². The van der Waals surface area contributed by atoms with Crippen LogP contribution in [0.25, 0.3) is 0 Å². The van der Waals surface area contributed by atoms with E-state index in [4.69, 9.17) is 4.74 Å². The minimum Gasteiger partial charge on any atom is -0.497 e. The lowest BCUT2D eigenvalue weighted by molar-refractivity contribution is -0.134. The summed E-state index contributed by atoms with van der Waals surface area (Å²) in [6.45, 7) is 4.12. The van der Waals surface area contributed by atoms with Gasteiger partial charge in [0.15, 0.2) is 0 Å². The van der Waals surface area contributed by atoms with Crippen LogP contribution >= 0.6 is 0 Å². The molecule has 1 aromatic heterocycles. The summed E-state index contributed by atoms with van der Waals surface area (Å²) in [6, 6.07) is 13.0. The highest BCUT2D eigenvalue weighted by Gasteiger charge is 2.31. The Balaban J connectivity index is 1.61. The number of nitrogens with zero attached hydrogens (tertiary/aromatic N) is 2. The molecule has 2 amide bonds. The first-order valence-electron chi connectivity index (χ1n) is 9.39. The van der Waals surface area contributed by atoms with Crippen molar-refractivity contribution in [3.8, 4) is 5.75 Å². The Labute approximate surface area is 165 Å².